The molecule has 0 saturated heterocycles. The molecule has 3 aromatic rings. The Bertz CT molecular complexity index is 938. The maximum absolute atomic E-state index is 12.0. The van der Waals surface area contributed by atoms with E-state index in [2.05, 4.69) is 20.3 Å². The number of carbonyl (C=O) groups excluding carboxylic acids is 2. The van der Waals surface area contributed by atoms with E-state index in [1.807, 2.05) is 30.5 Å². The molecule has 0 aliphatic rings. The predicted molar refractivity (Wildman–Crippen MR) is 98.0 cm³/mol. The van der Waals surface area contributed by atoms with E-state index in [4.69, 9.17) is 4.74 Å². The van der Waals surface area contributed by atoms with Crippen LogP contribution in [0.5, 0.6) is 0 Å². The van der Waals surface area contributed by atoms with Gasteiger partial charge in [0.25, 0.3) is 5.91 Å². The smallest absolute Gasteiger partial charge is 0.359 e. The van der Waals surface area contributed by atoms with Gasteiger partial charge in [0.1, 0.15) is 0 Å². The topological polar surface area (TPSA) is 94.1 Å². The third-order valence-corrected chi connectivity index (χ3v) is 4.16. The van der Waals surface area contributed by atoms with Crippen LogP contribution in [0.2, 0.25) is 0 Å². The Balaban J connectivity index is 1.58. The SMILES string of the molecule is Cc1cnc(C(=O)OCC(=O)Nc2cccc(-c3csc(C)n3)c2)cn1. The summed E-state index contributed by atoms with van der Waals surface area (Å²) in [7, 11) is 0. The van der Waals surface area contributed by atoms with Crippen LogP contribution in [0, 0.1) is 13.8 Å². The van der Waals surface area contributed by atoms with Crippen molar-refractivity contribution in [3.8, 4) is 11.3 Å². The summed E-state index contributed by atoms with van der Waals surface area (Å²) in [4.78, 5) is 36.2. The molecule has 1 amide bonds. The Labute approximate surface area is 154 Å². The minimum absolute atomic E-state index is 0.0595. The molecule has 0 radical (unpaired) electrons. The number of esters is 1. The fraction of sp³-hybridized carbons (Fsp3) is 0.167. The number of hydrogen-bond donors (Lipinski definition) is 1. The maximum Gasteiger partial charge on any atom is 0.359 e. The molecule has 0 fully saturated rings. The van der Waals surface area contributed by atoms with Crippen LogP contribution in [-0.2, 0) is 9.53 Å². The van der Waals surface area contributed by atoms with Crippen LogP contribution in [-0.4, -0.2) is 33.4 Å². The number of aromatic nitrogens is 3. The van der Waals surface area contributed by atoms with Gasteiger partial charge in [-0.2, -0.15) is 0 Å². The Hall–Kier alpha value is -3.13. The lowest BCUT2D eigenvalue weighted by Gasteiger charge is -2.07. The summed E-state index contributed by atoms with van der Waals surface area (Å²) in [6.07, 6.45) is 2.78. The molecule has 26 heavy (non-hydrogen) atoms. The third kappa shape index (κ3) is 4.48. The van der Waals surface area contributed by atoms with Gasteiger partial charge in [0.05, 0.1) is 22.6 Å². The number of aryl methyl sites for hydroxylation is 2. The first-order valence-corrected chi connectivity index (χ1v) is 8.67. The molecule has 1 N–H and O–H groups in total. The lowest BCUT2D eigenvalue weighted by Crippen LogP contribution is -2.21. The number of anilines is 1. The Morgan fingerprint density at radius 3 is 2.73 bits per heavy atom. The number of thiazole rings is 1. The molecule has 0 spiro atoms. The number of nitrogens with one attached hydrogen (secondary N) is 1. The van der Waals surface area contributed by atoms with E-state index in [0.29, 0.717) is 11.4 Å². The molecule has 0 unspecified atom stereocenters. The summed E-state index contributed by atoms with van der Waals surface area (Å²) < 4.78 is 4.96. The summed E-state index contributed by atoms with van der Waals surface area (Å²) in [5.41, 5.74) is 3.11. The van der Waals surface area contributed by atoms with Crippen molar-refractivity contribution >= 4 is 28.9 Å². The average molecular weight is 368 g/mol. The quantitative estimate of drug-likeness (QED) is 0.696. The molecule has 7 nitrogen and oxygen atoms in total. The van der Waals surface area contributed by atoms with Crippen LogP contribution < -0.4 is 5.32 Å². The molecule has 0 atom stereocenters. The minimum atomic E-state index is -0.695. The van der Waals surface area contributed by atoms with Crippen molar-refractivity contribution in [2.75, 3.05) is 11.9 Å². The van der Waals surface area contributed by atoms with Gasteiger partial charge in [0, 0.05) is 22.8 Å². The third-order valence-electron chi connectivity index (χ3n) is 3.39. The minimum Gasteiger partial charge on any atom is -0.451 e. The highest BCUT2D eigenvalue weighted by atomic mass is 32.1. The van der Waals surface area contributed by atoms with Crippen LogP contribution in [0.3, 0.4) is 0 Å². The molecule has 0 bridgehead atoms. The van der Waals surface area contributed by atoms with E-state index < -0.39 is 18.5 Å². The van der Waals surface area contributed by atoms with Gasteiger partial charge in [-0.05, 0) is 26.0 Å². The van der Waals surface area contributed by atoms with Crippen LogP contribution in [0.25, 0.3) is 11.3 Å². The van der Waals surface area contributed by atoms with Gasteiger partial charge < -0.3 is 10.1 Å². The maximum atomic E-state index is 12.0. The van der Waals surface area contributed by atoms with Crippen LogP contribution >= 0.6 is 11.3 Å². The number of hydrogen-bond acceptors (Lipinski definition) is 7. The first kappa shape index (κ1) is 17.7. The fourth-order valence-corrected chi connectivity index (χ4v) is 2.77. The van der Waals surface area contributed by atoms with E-state index in [0.717, 1.165) is 16.3 Å². The van der Waals surface area contributed by atoms with Crippen LogP contribution in [0.1, 0.15) is 21.2 Å². The van der Waals surface area contributed by atoms with Gasteiger partial charge in [-0.1, -0.05) is 12.1 Å². The van der Waals surface area contributed by atoms with Gasteiger partial charge in [-0.15, -0.1) is 11.3 Å². The van der Waals surface area contributed by atoms with Crippen molar-refractivity contribution in [3.05, 3.63) is 58.4 Å². The first-order valence-electron chi connectivity index (χ1n) is 7.79. The molecular formula is C18H16N4O3S. The molecule has 0 saturated carbocycles. The lowest BCUT2D eigenvalue weighted by molar-refractivity contribution is -0.119. The van der Waals surface area contributed by atoms with E-state index >= 15 is 0 Å². The van der Waals surface area contributed by atoms with Crippen molar-refractivity contribution in [1.29, 1.82) is 0 Å². The number of nitrogens with zero attached hydrogens (tertiary/aromatic N) is 3. The monoisotopic (exact) mass is 368 g/mol. The predicted octanol–water partition coefficient (Wildman–Crippen LogP) is 3.01. The normalized spacial score (nSPS) is 10.4. The van der Waals surface area contributed by atoms with Gasteiger partial charge in [0.2, 0.25) is 0 Å². The van der Waals surface area contributed by atoms with Crippen LogP contribution in [0.4, 0.5) is 5.69 Å². The standard InChI is InChI=1S/C18H16N4O3S/c1-11-7-20-15(8-19-11)18(24)25-9-17(23)22-14-5-3-4-13(6-14)16-10-26-12(2)21-16/h3-8,10H,9H2,1-2H3,(H,22,23). The molecule has 0 aliphatic heterocycles. The summed E-state index contributed by atoms with van der Waals surface area (Å²) in [6, 6.07) is 7.32. The Morgan fingerprint density at radius 1 is 1.19 bits per heavy atom. The second-order valence-corrected chi connectivity index (χ2v) is 6.56. The number of amides is 1. The molecule has 132 valence electrons. The van der Waals surface area contributed by atoms with Crippen LogP contribution in [0.15, 0.2) is 42.0 Å². The summed E-state index contributed by atoms with van der Waals surface area (Å²) in [5, 5.41) is 5.63. The van der Waals surface area contributed by atoms with Gasteiger partial charge in [0.15, 0.2) is 12.3 Å². The summed E-state index contributed by atoms with van der Waals surface area (Å²) in [6.45, 7) is 3.29. The van der Waals surface area contributed by atoms with E-state index in [-0.39, 0.29) is 5.69 Å². The van der Waals surface area contributed by atoms with E-state index in [9.17, 15) is 9.59 Å². The van der Waals surface area contributed by atoms with Gasteiger partial charge in [-0.25, -0.2) is 14.8 Å². The van der Waals surface area contributed by atoms with Crippen molar-refractivity contribution < 1.29 is 14.3 Å². The molecule has 0 aliphatic carbocycles. The number of rotatable bonds is 5. The molecule has 2 aromatic heterocycles. The van der Waals surface area contributed by atoms with Gasteiger partial charge in [-0.3, -0.25) is 9.78 Å². The Kier molecular flexibility index (Phi) is 5.33. The number of benzene rings is 1. The molecular weight excluding hydrogens is 352 g/mol. The zero-order valence-electron chi connectivity index (χ0n) is 14.2. The second kappa shape index (κ2) is 7.83. The van der Waals surface area contributed by atoms with Crippen molar-refractivity contribution in [3.63, 3.8) is 0 Å². The van der Waals surface area contributed by atoms with Gasteiger partial charge >= 0.3 is 5.97 Å². The zero-order valence-corrected chi connectivity index (χ0v) is 15.0. The van der Waals surface area contributed by atoms with Crippen molar-refractivity contribution in [2.24, 2.45) is 0 Å². The highest BCUT2D eigenvalue weighted by molar-refractivity contribution is 7.09. The summed E-state index contributed by atoms with van der Waals surface area (Å²) >= 11 is 1.56. The Morgan fingerprint density at radius 2 is 2.04 bits per heavy atom. The zero-order chi connectivity index (χ0) is 18.5. The van der Waals surface area contributed by atoms with Crippen molar-refractivity contribution in [2.45, 2.75) is 13.8 Å². The highest BCUT2D eigenvalue weighted by Crippen LogP contribution is 2.24. The molecule has 1 aromatic carbocycles. The molecule has 3 rings (SSSR count). The molecule has 8 heteroatoms. The van der Waals surface area contributed by atoms with E-state index in [1.54, 1.807) is 24.3 Å². The van der Waals surface area contributed by atoms with E-state index in [1.165, 1.54) is 12.4 Å². The summed E-state index contributed by atoms with van der Waals surface area (Å²) in [5.74, 6) is -1.13. The average Bonchev–Trinajstić information content (AvgIpc) is 3.07. The largest absolute Gasteiger partial charge is 0.451 e. The lowest BCUT2D eigenvalue weighted by atomic mass is 10.1. The number of ether oxygens (including phenoxy) is 1. The highest BCUT2D eigenvalue weighted by Gasteiger charge is 2.12. The first-order chi connectivity index (χ1) is 12.5. The fourth-order valence-electron chi connectivity index (χ4n) is 2.15. The van der Waals surface area contributed by atoms with Crippen molar-refractivity contribution in [1.82, 2.24) is 15.0 Å². The molecule has 2 heterocycles. The number of carbonyl (C=O) groups is 2. The second-order valence-electron chi connectivity index (χ2n) is 5.50.